The lowest BCUT2D eigenvalue weighted by Gasteiger charge is -2.11. The molecule has 0 saturated carbocycles. The number of benzene rings is 2. The van der Waals surface area contributed by atoms with Gasteiger partial charge in [-0.25, -0.2) is 13.8 Å². The van der Waals surface area contributed by atoms with Gasteiger partial charge in [0.2, 0.25) is 5.95 Å². The van der Waals surface area contributed by atoms with Crippen molar-refractivity contribution >= 4 is 17.0 Å². The van der Waals surface area contributed by atoms with Gasteiger partial charge >= 0.3 is 0 Å². The monoisotopic (exact) mass is 289 g/mol. The first-order valence-corrected chi connectivity index (χ1v) is 6.30. The lowest BCUT2D eigenvalue weighted by atomic mass is 10.2. The molecule has 3 rings (SSSR count). The average molecular weight is 289 g/mol. The van der Waals surface area contributed by atoms with E-state index in [4.69, 9.17) is 10.5 Å². The fourth-order valence-electron chi connectivity index (χ4n) is 2.34. The fourth-order valence-corrected chi connectivity index (χ4v) is 2.34. The van der Waals surface area contributed by atoms with E-state index >= 15 is 0 Å². The first-order chi connectivity index (χ1) is 10.0. The molecule has 0 amide bonds. The third-order valence-corrected chi connectivity index (χ3v) is 3.38. The fraction of sp³-hybridized carbons (Fsp3) is 0.133. The second-order valence-electron chi connectivity index (χ2n) is 4.66. The van der Waals surface area contributed by atoms with Crippen molar-refractivity contribution in [1.82, 2.24) is 9.55 Å². The van der Waals surface area contributed by atoms with Gasteiger partial charge in [-0.05, 0) is 30.7 Å². The van der Waals surface area contributed by atoms with Crippen molar-refractivity contribution in [2.24, 2.45) is 0 Å². The molecule has 0 spiro atoms. The van der Waals surface area contributed by atoms with Gasteiger partial charge in [-0.3, -0.25) is 4.57 Å². The quantitative estimate of drug-likeness (QED) is 0.788. The number of halogens is 2. The summed E-state index contributed by atoms with van der Waals surface area (Å²) in [6.45, 7) is 1.56. The molecule has 1 aromatic heterocycles. The first kappa shape index (κ1) is 13.4. The number of aryl methyl sites for hydroxylation is 1. The molecule has 2 aromatic carbocycles. The van der Waals surface area contributed by atoms with Gasteiger partial charge in [-0.15, -0.1) is 0 Å². The molecule has 0 aliphatic heterocycles. The van der Waals surface area contributed by atoms with Crippen LogP contribution in [0.2, 0.25) is 0 Å². The normalized spacial score (nSPS) is 11.0. The predicted molar refractivity (Wildman–Crippen MR) is 76.7 cm³/mol. The van der Waals surface area contributed by atoms with Crippen LogP contribution >= 0.6 is 0 Å². The summed E-state index contributed by atoms with van der Waals surface area (Å²) in [4.78, 5) is 4.15. The van der Waals surface area contributed by atoms with Gasteiger partial charge in [0.05, 0.1) is 12.6 Å². The summed E-state index contributed by atoms with van der Waals surface area (Å²) in [5.74, 6) is -0.875. The molecule has 0 unspecified atom stereocenters. The van der Waals surface area contributed by atoms with Crippen LogP contribution in [0.3, 0.4) is 0 Å². The van der Waals surface area contributed by atoms with Crippen molar-refractivity contribution in [3.8, 4) is 11.4 Å². The lowest BCUT2D eigenvalue weighted by Crippen LogP contribution is -2.06. The highest BCUT2D eigenvalue weighted by Crippen LogP contribution is 2.32. The Hall–Kier alpha value is -2.63. The number of hydrogen-bond acceptors (Lipinski definition) is 3. The van der Waals surface area contributed by atoms with Gasteiger partial charge in [-0.2, -0.15) is 0 Å². The van der Waals surface area contributed by atoms with E-state index in [1.807, 2.05) is 0 Å². The van der Waals surface area contributed by atoms with Crippen molar-refractivity contribution < 1.29 is 13.5 Å². The maximum atomic E-state index is 14.3. The van der Waals surface area contributed by atoms with Gasteiger partial charge in [0.15, 0.2) is 5.82 Å². The van der Waals surface area contributed by atoms with E-state index in [2.05, 4.69) is 4.98 Å². The lowest BCUT2D eigenvalue weighted by molar-refractivity contribution is 0.419. The van der Waals surface area contributed by atoms with Crippen LogP contribution in [0.1, 0.15) is 5.56 Å². The number of imidazole rings is 1. The number of fused-ring (bicyclic) bond motifs is 1. The molecule has 3 aromatic rings. The number of anilines is 1. The third kappa shape index (κ3) is 1.91. The number of methoxy groups -OCH3 is 1. The Balaban J connectivity index is 2.42. The number of hydrogen-bond donors (Lipinski definition) is 1. The van der Waals surface area contributed by atoms with Crippen molar-refractivity contribution in [1.29, 1.82) is 0 Å². The second kappa shape index (κ2) is 4.73. The molecule has 2 N–H and O–H groups in total. The van der Waals surface area contributed by atoms with Gasteiger partial charge in [0.25, 0.3) is 0 Å². The maximum absolute atomic E-state index is 14.3. The molecule has 4 nitrogen and oxygen atoms in total. The Morgan fingerprint density at radius 1 is 1.19 bits per heavy atom. The van der Waals surface area contributed by atoms with E-state index in [1.54, 1.807) is 25.1 Å². The van der Waals surface area contributed by atoms with Gasteiger partial charge in [-0.1, -0.05) is 12.1 Å². The zero-order chi connectivity index (χ0) is 15.1. The number of rotatable bonds is 2. The summed E-state index contributed by atoms with van der Waals surface area (Å²) >= 11 is 0. The summed E-state index contributed by atoms with van der Waals surface area (Å²) < 4.78 is 34.9. The zero-order valence-electron chi connectivity index (χ0n) is 11.5. The third-order valence-electron chi connectivity index (χ3n) is 3.38. The Bertz CT molecular complexity index is 843. The predicted octanol–water partition coefficient (Wildman–Crippen LogP) is 3.20. The standard InChI is InChI=1S/C15H13F2N3O/c1-8-6-7-9(16)14(12(8)17)20-10-4-3-5-11(21-2)13(10)19-15(20)18/h3-7H,1-2H3,(H2,18,19). The molecule has 0 radical (unpaired) electrons. The van der Waals surface area contributed by atoms with Crippen molar-refractivity contribution in [3.05, 3.63) is 47.5 Å². The number of nitrogens with zero attached hydrogens (tertiary/aromatic N) is 2. The summed E-state index contributed by atoms with van der Waals surface area (Å²) in [5.41, 5.74) is 6.89. The topological polar surface area (TPSA) is 53.1 Å². The SMILES string of the molecule is COc1cccc2c1nc(N)n2-c1c(F)ccc(C)c1F. The highest BCUT2D eigenvalue weighted by molar-refractivity contribution is 5.86. The Morgan fingerprint density at radius 3 is 2.67 bits per heavy atom. The highest BCUT2D eigenvalue weighted by atomic mass is 19.1. The van der Waals surface area contributed by atoms with E-state index < -0.39 is 11.6 Å². The molecule has 1 heterocycles. The molecule has 0 fully saturated rings. The summed E-state index contributed by atoms with van der Waals surface area (Å²) in [5, 5.41) is 0. The van der Waals surface area contributed by atoms with E-state index in [9.17, 15) is 8.78 Å². The number of aromatic nitrogens is 2. The van der Waals surface area contributed by atoms with Crippen molar-refractivity contribution in [2.75, 3.05) is 12.8 Å². The van der Waals surface area contributed by atoms with Crippen molar-refractivity contribution in [3.63, 3.8) is 0 Å². The smallest absolute Gasteiger partial charge is 0.206 e. The minimum Gasteiger partial charge on any atom is -0.494 e. The molecule has 0 aliphatic rings. The number of ether oxygens (including phenoxy) is 1. The number of nitrogens with two attached hydrogens (primary N) is 1. The molecule has 0 atom stereocenters. The molecule has 21 heavy (non-hydrogen) atoms. The first-order valence-electron chi connectivity index (χ1n) is 6.30. The molecule has 0 saturated heterocycles. The summed E-state index contributed by atoms with van der Waals surface area (Å²) in [6, 6.07) is 7.69. The van der Waals surface area contributed by atoms with Crippen LogP contribution < -0.4 is 10.5 Å². The van der Waals surface area contributed by atoms with Crippen LogP contribution in [0.15, 0.2) is 30.3 Å². The van der Waals surface area contributed by atoms with E-state index in [1.165, 1.54) is 23.8 Å². The van der Waals surface area contributed by atoms with Crippen LogP contribution in [0.25, 0.3) is 16.7 Å². The molecule has 0 bridgehead atoms. The van der Waals surface area contributed by atoms with Crippen LogP contribution in [-0.4, -0.2) is 16.7 Å². The van der Waals surface area contributed by atoms with E-state index in [0.717, 1.165) is 0 Å². The summed E-state index contributed by atoms with van der Waals surface area (Å²) in [7, 11) is 1.50. The molecule has 0 aliphatic carbocycles. The largest absolute Gasteiger partial charge is 0.494 e. The maximum Gasteiger partial charge on any atom is 0.206 e. The minimum absolute atomic E-state index is 0.00194. The Kier molecular flexibility index (Phi) is 3.01. The zero-order valence-corrected chi connectivity index (χ0v) is 11.5. The molecule has 108 valence electrons. The van der Waals surface area contributed by atoms with Crippen LogP contribution in [-0.2, 0) is 0 Å². The van der Waals surface area contributed by atoms with Crippen molar-refractivity contribution in [2.45, 2.75) is 6.92 Å². The van der Waals surface area contributed by atoms with E-state index in [-0.39, 0.29) is 11.6 Å². The van der Waals surface area contributed by atoms with Crippen LogP contribution in [0.4, 0.5) is 14.7 Å². The molecular formula is C15H13F2N3O. The van der Waals surface area contributed by atoms with Gasteiger partial charge in [0.1, 0.15) is 22.8 Å². The number of para-hydroxylation sites is 1. The highest BCUT2D eigenvalue weighted by Gasteiger charge is 2.20. The Morgan fingerprint density at radius 2 is 1.95 bits per heavy atom. The van der Waals surface area contributed by atoms with Gasteiger partial charge in [0, 0.05) is 0 Å². The van der Waals surface area contributed by atoms with E-state index in [0.29, 0.717) is 22.3 Å². The summed E-state index contributed by atoms with van der Waals surface area (Å²) in [6.07, 6.45) is 0. The number of nitrogen functional groups attached to an aromatic ring is 1. The molecule has 6 heteroatoms. The van der Waals surface area contributed by atoms with Gasteiger partial charge < -0.3 is 10.5 Å². The molecular weight excluding hydrogens is 276 g/mol. The van der Waals surface area contributed by atoms with Crippen LogP contribution in [0.5, 0.6) is 5.75 Å². The minimum atomic E-state index is -0.702. The average Bonchev–Trinajstić information content (AvgIpc) is 2.80. The second-order valence-corrected chi connectivity index (χ2v) is 4.66. The van der Waals surface area contributed by atoms with Crippen LogP contribution in [0, 0.1) is 18.6 Å². The Labute approximate surface area is 119 Å².